The molecule has 2 nitrogen and oxygen atoms in total. The molecule has 0 bridgehead atoms. The molecule has 0 saturated carbocycles. The molecule has 0 unspecified atom stereocenters. The lowest BCUT2D eigenvalue weighted by atomic mass is 9.91. The summed E-state index contributed by atoms with van der Waals surface area (Å²) < 4.78 is 0. The zero-order chi connectivity index (χ0) is 13.9. The van der Waals surface area contributed by atoms with Gasteiger partial charge in [-0.2, -0.15) is 11.3 Å². The van der Waals surface area contributed by atoms with Crippen LogP contribution in [0, 0.1) is 6.92 Å². The van der Waals surface area contributed by atoms with Crippen LogP contribution in [0.3, 0.4) is 0 Å². The number of thiophene rings is 1. The molecular formula is C17H19NOS. The van der Waals surface area contributed by atoms with E-state index in [0.29, 0.717) is 5.92 Å². The molecule has 104 valence electrons. The lowest BCUT2D eigenvalue weighted by Gasteiger charge is -2.32. The van der Waals surface area contributed by atoms with Gasteiger partial charge < -0.3 is 4.90 Å². The lowest BCUT2D eigenvalue weighted by Crippen LogP contribution is -2.38. The summed E-state index contributed by atoms with van der Waals surface area (Å²) in [5.41, 5.74) is 3.36. The van der Waals surface area contributed by atoms with Gasteiger partial charge in [-0.25, -0.2) is 0 Å². The van der Waals surface area contributed by atoms with Gasteiger partial charge in [0.05, 0.1) is 0 Å². The first-order valence-electron chi connectivity index (χ1n) is 7.12. The van der Waals surface area contributed by atoms with Gasteiger partial charge in [0, 0.05) is 18.7 Å². The zero-order valence-electron chi connectivity index (χ0n) is 11.7. The van der Waals surface area contributed by atoms with Crippen LogP contribution < -0.4 is 0 Å². The van der Waals surface area contributed by atoms with Crippen molar-refractivity contribution in [3.05, 3.63) is 57.8 Å². The van der Waals surface area contributed by atoms with Crippen LogP contribution in [0.4, 0.5) is 0 Å². The van der Waals surface area contributed by atoms with Crippen LogP contribution in [0.1, 0.15) is 40.2 Å². The first-order valence-corrected chi connectivity index (χ1v) is 8.07. The number of hydrogen-bond acceptors (Lipinski definition) is 2. The first-order chi connectivity index (χ1) is 9.75. The Morgan fingerprint density at radius 3 is 2.60 bits per heavy atom. The molecule has 0 aliphatic carbocycles. The van der Waals surface area contributed by atoms with Crippen molar-refractivity contribution in [2.24, 2.45) is 0 Å². The van der Waals surface area contributed by atoms with Crippen molar-refractivity contribution in [1.29, 1.82) is 0 Å². The van der Waals surface area contributed by atoms with E-state index in [1.54, 1.807) is 11.3 Å². The highest BCUT2D eigenvalue weighted by Gasteiger charge is 2.25. The predicted octanol–water partition coefficient (Wildman–Crippen LogP) is 4.08. The number of hydrogen-bond donors (Lipinski definition) is 0. The van der Waals surface area contributed by atoms with Gasteiger partial charge in [0.15, 0.2) is 0 Å². The number of amides is 1. The molecule has 0 atom stereocenters. The SMILES string of the molecule is Cc1ccccc1C(=O)N1CCC(c2ccsc2)CC1. The Bertz CT molecular complexity index is 583. The van der Waals surface area contributed by atoms with Crippen molar-refractivity contribution in [3.8, 4) is 0 Å². The third-order valence-corrected chi connectivity index (χ3v) is 4.87. The molecule has 2 aromatic rings. The number of piperidine rings is 1. The third-order valence-electron chi connectivity index (χ3n) is 4.17. The summed E-state index contributed by atoms with van der Waals surface area (Å²) in [5, 5.41) is 4.38. The van der Waals surface area contributed by atoms with Crippen LogP contribution in [0.25, 0.3) is 0 Å². The van der Waals surface area contributed by atoms with Crippen molar-refractivity contribution >= 4 is 17.2 Å². The molecule has 1 aromatic heterocycles. The van der Waals surface area contributed by atoms with Gasteiger partial charge in [-0.15, -0.1) is 0 Å². The maximum atomic E-state index is 12.5. The number of nitrogens with zero attached hydrogens (tertiary/aromatic N) is 1. The number of aryl methyl sites for hydroxylation is 1. The Kier molecular flexibility index (Phi) is 3.88. The number of rotatable bonds is 2. The second-order valence-corrected chi connectivity index (χ2v) is 6.22. The molecule has 0 N–H and O–H groups in total. The average molecular weight is 285 g/mol. The summed E-state index contributed by atoms with van der Waals surface area (Å²) >= 11 is 1.76. The Morgan fingerprint density at radius 2 is 1.95 bits per heavy atom. The van der Waals surface area contributed by atoms with Crippen LogP contribution in [-0.4, -0.2) is 23.9 Å². The average Bonchev–Trinajstić information content (AvgIpc) is 3.01. The highest BCUT2D eigenvalue weighted by molar-refractivity contribution is 7.07. The van der Waals surface area contributed by atoms with E-state index in [9.17, 15) is 4.79 Å². The van der Waals surface area contributed by atoms with E-state index in [1.807, 2.05) is 36.1 Å². The Labute approximate surface area is 124 Å². The Morgan fingerprint density at radius 1 is 1.20 bits per heavy atom. The number of carbonyl (C=O) groups is 1. The van der Waals surface area contributed by atoms with Crippen molar-refractivity contribution < 1.29 is 4.79 Å². The van der Waals surface area contributed by atoms with Gasteiger partial charge in [-0.1, -0.05) is 18.2 Å². The highest BCUT2D eigenvalue weighted by Crippen LogP contribution is 2.30. The standard InChI is InChI=1S/C17H19NOS/c1-13-4-2-3-5-16(13)17(19)18-9-6-14(7-10-18)15-8-11-20-12-15/h2-5,8,11-12,14H,6-7,9-10H2,1H3. The van der Waals surface area contributed by atoms with Crippen LogP contribution in [-0.2, 0) is 0 Å². The molecule has 1 saturated heterocycles. The molecule has 3 heteroatoms. The second-order valence-electron chi connectivity index (χ2n) is 5.44. The fourth-order valence-corrected chi connectivity index (χ4v) is 3.65. The maximum absolute atomic E-state index is 12.5. The molecule has 0 radical (unpaired) electrons. The van der Waals surface area contributed by atoms with Gasteiger partial charge in [0.2, 0.25) is 0 Å². The van der Waals surface area contributed by atoms with Crippen LogP contribution in [0.15, 0.2) is 41.1 Å². The summed E-state index contributed by atoms with van der Waals surface area (Å²) in [7, 11) is 0. The summed E-state index contributed by atoms with van der Waals surface area (Å²) in [4.78, 5) is 14.5. The zero-order valence-corrected chi connectivity index (χ0v) is 12.5. The normalized spacial score (nSPS) is 16.4. The minimum atomic E-state index is 0.187. The van der Waals surface area contributed by atoms with E-state index in [4.69, 9.17) is 0 Å². The Balaban J connectivity index is 1.66. The second kappa shape index (κ2) is 5.80. The van der Waals surface area contributed by atoms with Crippen molar-refractivity contribution in [2.75, 3.05) is 13.1 Å². The smallest absolute Gasteiger partial charge is 0.254 e. The number of benzene rings is 1. The minimum absolute atomic E-state index is 0.187. The van der Waals surface area contributed by atoms with E-state index in [0.717, 1.165) is 37.1 Å². The molecule has 1 aliphatic rings. The predicted molar refractivity (Wildman–Crippen MR) is 83.4 cm³/mol. The fraction of sp³-hybridized carbons (Fsp3) is 0.353. The van der Waals surface area contributed by atoms with E-state index in [2.05, 4.69) is 16.8 Å². The molecule has 2 heterocycles. The van der Waals surface area contributed by atoms with Crippen molar-refractivity contribution in [1.82, 2.24) is 4.90 Å². The van der Waals surface area contributed by atoms with E-state index < -0.39 is 0 Å². The molecular weight excluding hydrogens is 266 g/mol. The monoisotopic (exact) mass is 285 g/mol. The summed E-state index contributed by atoms with van der Waals surface area (Å²) in [6, 6.07) is 10.1. The van der Waals surface area contributed by atoms with Gasteiger partial charge >= 0.3 is 0 Å². The summed E-state index contributed by atoms with van der Waals surface area (Å²) in [6.45, 7) is 3.74. The Hall–Kier alpha value is -1.61. The topological polar surface area (TPSA) is 20.3 Å². The number of carbonyl (C=O) groups excluding carboxylic acids is 1. The largest absolute Gasteiger partial charge is 0.339 e. The van der Waals surface area contributed by atoms with Crippen molar-refractivity contribution in [3.63, 3.8) is 0 Å². The van der Waals surface area contributed by atoms with Gasteiger partial charge in [-0.3, -0.25) is 4.79 Å². The van der Waals surface area contributed by atoms with Gasteiger partial charge in [0.25, 0.3) is 5.91 Å². The first kappa shape index (κ1) is 13.4. The lowest BCUT2D eigenvalue weighted by molar-refractivity contribution is 0.0712. The quantitative estimate of drug-likeness (QED) is 0.814. The van der Waals surface area contributed by atoms with E-state index in [-0.39, 0.29) is 5.91 Å². The molecule has 1 aliphatic heterocycles. The summed E-state index contributed by atoms with van der Waals surface area (Å²) in [6.07, 6.45) is 2.16. The van der Waals surface area contributed by atoms with E-state index >= 15 is 0 Å². The highest BCUT2D eigenvalue weighted by atomic mass is 32.1. The molecule has 0 spiro atoms. The number of likely N-dealkylation sites (tertiary alicyclic amines) is 1. The third kappa shape index (κ3) is 2.63. The minimum Gasteiger partial charge on any atom is -0.339 e. The van der Waals surface area contributed by atoms with Crippen LogP contribution in [0.2, 0.25) is 0 Å². The van der Waals surface area contributed by atoms with Crippen LogP contribution in [0.5, 0.6) is 0 Å². The molecule has 1 aromatic carbocycles. The molecule has 1 fully saturated rings. The van der Waals surface area contributed by atoms with Gasteiger partial charge in [0.1, 0.15) is 0 Å². The fourth-order valence-electron chi connectivity index (χ4n) is 2.91. The molecule has 20 heavy (non-hydrogen) atoms. The van der Waals surface area contributed by atoms with Crippen molar-refractivity contribution in [2.45, 2.75) is 25.7 Å². The molecule has 3 rings (SSSR count). The van der Waals surface area contributed by atoms with E-state index in [1.165, 1.54) is 5.56 Å². The maximum Gasteiger partial charge on any atom is 0.254 e. The van der Waals surface area contributed by atoms with Gasteiger partial charge in [-0.05, 0) is 59.7 Å². The molecule has 1 amide bonds. The van der Waals surface area contributed by atoms with Crippen LogP contribution >= 0.6 is 11.3 Å². The summed E-state index contributed by atoms with van der Waals surface area (Å²) in [5.74, 6) is 0.814.